The van der Waals surface area contributed by atoms with Crippen molar-refractivity contribution in [1.29, 1.82) is 0 Å². The van der Waals surface area contributed by atoms with Gasteiger partial charge in [-0.1, -0.05) is 13.8 Å². The average Bonchev–Trinajstić information content (AvgIpc) is 2.98. The monoisotopic (exact) mass is 281 g/mol. The molecule has 20 heavy (non-hydrogen) atoms. The highest BCUT2D eigenvalue weighted by Crippen LogP contribution is 2.25. The minimum absolute atomic E-state index is 0.0266. The van der Waals surface area contributed by atoms with Crippen molar-refractivity contribution in [3.63, 3.8) is 0 Å². The Bertz CT molecular complexity index is 422. The van der Waals surface area contributed by atoms with Crippen LogP contribution < -0.4 is 5.73 Å². The molecule has 0 aliphatic carbocycles. The molecule has 2 aliphatic heterocycles. The van der Waals surface area contributed by atoms with E-state index >= 15 is 0 Å². The van der Waals surface area contributed by atoms with Crippen LogP contribution in [0, 0.1) is 5.92 Å². The highest BCUT2D eigenvalue weighted by Gasteiger charge is 2.41. The van der Waals surface area contributed by atoms with Crippen LogP contribution in [0.5, 0.6) is 0 Å². The summed E-state index contributed by atoms with van der Waals surface area (Å²) >= 11 is 0. The van der Waals surface area contributed by atoms with Crippen LogP contribution in [0.1, 0.15) is 39.5 Å². The largest absolute Gasteiger partial charge is 0.368 e. The van der Waals surface area contributed by atoms with Crippen molar-refractivity contribution >= 4 is 17.7 Å². The molecular weight excluding hydrogens is 258 g/mol. The van der Waals surface area contributed by atoms with Gasteiger partial charge in [-0.3, -0.25) is 14.4 Å². The molecule has 0 radical (unpaired) electrons. The molecule has 2 atom stereocenters. The van der Waals surface area contributed by atoms with Crippen molar-refractivity contribution in [3.05, 3.63) is 0 Å². The Morgan fingerprint density at radius 1 is 1.25 bits per heavy atom. The van der Waals surface area contributed by atoms with Gasteiger partial charge in [0.05, 0.1) is 0 Å². The van der Waals surface area contributed by atoms with Crippen LogP contribution in [0.25, 0.3) is 0 Å². The first-order valence-corrected chi connectivity index (χ1v) is 7.32. The number of nitrogens with two attached hydrogens (primary N) is 1. The number of nitrogens with zero attached hydrogens (tertiary/aromatic N) is 2. The molecule has 6 nitrogen and oxygen atoms in total. The Morgan fingerprint density at radius 3 is 2.45 bits per heavy atom. The summed E-state index contributed by atoms with van der Waals surface area (Å²) in [5, 5.41) is 0. The topological polar surface area (TPSA) is 83.7 Å². The number of primary amides is 1. The van der Waals surface area contributed by atoms with Crippen LogP contribution >= 0.6 is 0 Å². The fraction of sp³-hybridized carbons (Fsp3) is 0.786. The second kappa shape index (κ2) is 5.81. The van der Waals surface area contributed by atoms with Gasteiger partial charge in [0.1, 0.15) is 12.1 Å². The van der Waals surface area contributed by atoms with Crippen molar-refractivity contribution in [3.8, 4) is 0 Å². The third-order valence-corrected chi connectivity index (χ3v) is 4.19. The van der Waals surface area contributed by atoms with Crippen LogP contribution in [-0.2, 0) is 14.4 Å². The highest BCUT2D eigenvalue weighted by molar-refractivity contribution is 5.92. The number of carbonyl (C=O) groups is 3. The molecular formula is C14H23N3O3. The fourth-order valence-corrected chi connectivity index (χ4v) is 3.24. The summed E-state index contributed by atoms with van der Waals surface area (Å²) in [6.45, 7) is 5.05. The lowest BCUT2D eigenvalue weighted by atomic mass is 10.0. The molecule has 0 aromatic carbocycles. The molecule has 0 saturated carbocycles. The Morgan fingerprint density at radius 2 is 1.95 bits per heavy atom. The fourth-order valence-electron chi connectivity index (χ4n) is 3.24. The third kappa shape index (κ3) is 2.64. The SMILES string of the molecule is CC(C)[C@@H](C(=O)N1CCCC1C(N)=O)N1CCCC1=O. The van der Waals surface area contributed by atoms with Crippen molar-refractivity contribution in [1.82, 2.24) is 9.80 Å². The molecule has 0 spiro atoms. The summed E-state index contributed by atoms with van der Waals surface area (Å²) in [5.74, 6) is -0.520. The van der Waals surface area contributed by atoms with Crippen LogP contribution in [0.3, 0.4) is 0 Å². The Hall–Kier alpha value is -1.59. The molecule has 2 rings (SSSR count). The smallest absolute Gasteiger partial charge is 0.246 e. The van der Waals surface area contributed by atoms with Gasteiger partial charge in [0, 0.05) is 19.5 Å². The second-order valence-electron chi connectivity index (χ2n) is 5.97. The first-order valence-electron chi connectivity index (χ1n) is 7.32. The quantitative estimate of drug-likeness (QED) is 0.794. The Kier molecular flexibility index (Phi) is 4.30. The lowest BCUT2D eigenvalue weighted by Gasteiger charge is -2.34. The summed E-state index contributed by atoms with van der Waals surface area (Å²) < 4.78 is 0. The first-order chi connectivity index (χ1) is 9.43. The zero-order chi connectivity index (χ0) is 14.9. The van der Waals surface area contributed by atoms with Crippen LogP contribution in [0.4, 0.5) is 0 Å². The van der Waals surface area contributed by atoms with Gasteiger partial charge in [0.2, 0.25) is 17.7 Å². The number of carbonyl (C=O) groups excluding carboxylic acids is 3. The standard InChI is InChI=1S/C14H23N3O3/c1-9(2)12(17-8-4-6-11(17)18)14(20)16-7-3-5-10(16)13(15)19/h9-10,12H,3-8H2,1-2H3,(H2,15,19)/t10?,12-/m0/s1. The molecule has 3 amide bonds. The van der Waals surface area contributed by atoms with Gasteiger partial charge >= 0.3 is 0 Å². The third-order valence-electron chi connectivity index (χ3n) is 4.19. The molecule has 0 aromatic rings. The maximum absolute atomic E-state index is 12.8. The number of hydrogen-bond acceptors (Lipinski definition) is 3. The summed E-state index contributed by atoms with van der Waals surface area (Å²) in [7, 11) is 0. The van der Waals surface area contributed by atoms with Gasteiger partial charge in [0.25, 0.3) is 0 Å². The van der Waals surface area contributed by atoms with Crippen LogP contribution in [0.2, 0.25) is 0 Å². The first kappa shape index (κ1) is 14.8. The lowest BCUT2D eigenvalue weighted by molar-refractivity contribution is -0.147. The maximum atomic E-state index is 12.8. The number of rotatable bonds is 4. The van der Waals surface area contributed by atoms with Gasteiger partial charge in [-0.2, -0.15) is 0 Å². The van der Waals surface area contributed by atoms with E-state index in [4.69, 9.17) is 5.73 Å². The maximum Gasteiger partial charge on any atom is 0.246 e. The summed E-state index contributed by atoms with van der Waals surface area (Å²) in [5.41, 5.74) is 5.37. The van der Waals surface area contributed by atoms with Crippen LogP contribution in [-0.4, -0.2) is 52.7 Å². The van der Waals surface area contributed by atoms with Crippen LogP contribution in [0.15, 0.2) is 0 Å². The predicted molar refractivity (Wildman–Crippen MR) is 73.5 cm³/mol. The summed E-state index contributed by atoms with van der Waals surface area (Å²) in [4.78, 5) is 39.4. The van der Waals surface area contributed by atoms with Gasteiger partial charge in [-0.15, -0.1) is 0 Å². The molecule has 0 bridgehead atoms. The van der Waals surface area contributed by atoms with Gasteiger partial charge in [-0.05, 0) is 25.2 Å². The second-order valence-corrected chi connectivity index (χ2v) is 5.97. The average molecular weight is 281 g/mol. The molecule has 0 aromatic heterocycles. The van der Waals surface area contributed by atoms with Gasteiger partial charge in [-0.25, -0.2) is 0 Å². The lowest BCUT2D eigenvalue weighted by Crippen LogP contribution is -2.55. The molecule has 2 heterocycles. The molecule has 2 saturated heterocycles. The summed E-state index contributed by atoms with van der Waals surface area (Å²) in [6.07, 6.45) is 2.72. The normalized spacial score (nSPS) is 24.6. The molecule has 2 aliphatic rings. The van der Waals surface area contributed by atoms with E-state index in [1.807, 2.05) is 13.8 Å². The minimum atomic E-state index is -0.513. The number of likely N-dealkylation sites (tertiary alicyclic amines) is 2. The van der Waals surface area contributed by atoms with Crippen molar-refractivity contribution in [2.24, 2.45) is 11.7 Å². The van der Waals surface area contributed by atoms with Crippen molar-refractivity contribution in [2.75, 3.05) is 13.1 Å². The number of hydrogen-bond donors (Lipinski definition) is 1. The molecule has 2 N–H and O–H groups in total. The van der Waals surface area contributed by atoms with E-state index in [0.717, 1.165) is 12.8 Å². The van der Waals surface area contributed by atoms with Crippen molar-refractivity contribution in [2.45, 2.75) is 51.6 Å². The minimum Gasteiger partial charge on any atom is -0.368 e. The van der Waals surface area contributed by atoms with E-state index in [2.05, 4.69) is 0 Å². The molecule has 1 unspecified atom stereocenters. The van der Waals surface area contributed by atoms with Gasteiger partial charge < -0.3 is 15.5 Å². The van der Waals surface area contributed by atoms with Gasteiger partial charge in [0.15, 0.2) is 0 Å². The number of amides is 3. The van der Waals surface area contributed by atoms with E-state index in [-0.39, 0.29) is 17.7 Å². The predicted octanol–water partition coefficient (Wildman–Crippen LogP) is 0.110. The zero-order valence-corrected chi connectivity index (χ0v) is 12.2. The Labute approximate surface area is 119 Å². The van der Waals surface area contributed by atoms with E-state index in [1.54, 1.807) is 9.80 Å². The van der Waals surface area contributed by atoms with E-state index < -0.39 is 18.0 Å². The molecule has 6 heteroatoms. The highest BCUT2D eigenvalue weighted by atomic mass is 16.2. The van der Waals surface area contributed by atoms with E-state index in [9.17, 15) is 14.4 Å². The van der Waals surface area contributed by atoms with E-state index in [0.29, 0.717) is 25.9 Å². The Balaban J connectivity index is 2.19. The van der Waals surface area contributed by atoms with E-state index in [1.165, 1.54) is 0 Å². The molecule has 2 fully saturated rings. The summed E-state index contributed by atoms with van der Waals surface area (Å²) in [6, 6.07) is -0.980. The molecule has 112 valence electrons. The zero-order valence-electron chi connectivity index (χ0n) is 12.2. The van der Waals surface area contributed by atoms with Crippen molar-refractivity contribution < 1.29 is 14.4 Å².